The standard InChI is InChI=1S/C13H22N4O2/c1-2-6-16-7-3-12(18)17(13(16)19)11-10-15-8-4-14-5-9-15/h3,7,14H,2,4-6,8-11H2,1H3. The smallest absolute Gasteiger partial charge is 0.314 e. The lowest BCUT2D eigenvalue weighted by molar-refractivity contribution is 0.229. The van der Waals surface area contributed by atoms with E-state index >= 15 is 0 Å². The third-order valence-electron chi connectivity index (χ3n) is 3.45. The van der Waals surface area contributed by atoms with Crippen LogP contribution in [0.1, 0.15) is 13.3 Å². The summed E-state index contributed by atoms with van der Waals surface area (Å²) in [5.74, 6) is 0. The second kappa shape index (κ2) is 6.68. The van der Waals surface area contributed by atoms with Gasteiger partial charge in [-0.15, -0.1) is 0 Å². The molecule has 6 nitrogen and oxygen atoms in total. The van der Waals surface area contributed by atoms with Gasteiger partial charge in [-0.2, -0.15) is 0 Å². The van der Waals surface area contributed by atoms with Gasteiger partial charge >= 0.3 is 5.69 Å². The first-order valence-electron chi connectivity index (χ1n) is 6.95. The molecule has 6 heteroatoms. The molecule has 0 saturated carbocycles. The molecule has 1 aliphatic heterocycles. The molecule has 0 bridgehead atoms. The minimum atomic E-state index is -0.201. The van der Waals surface area contributed by atoms with E-state index in [9.17, 15) is 9.59 Å². The Morgan fingerprint density at radius 3 is 2.58 bits per heavy atom. The Morgan fingerprint density at radius 2 is 1.89 bits per heavy atom. The largest absolute Gasteiger partial charge is 0.331 e. The van der Waals surface area contributed by atoms with Gasteiger partial charge in [0.2, 0.25) is 0 Å². The molecule has 2 heterocycles. The van der Waals surface area contributed by atoms with Crippen molar-refractivity contribution in [1.82, 2.24) is 19.4 Å². The monoisotopic (exact) mass is 266 g/mol. The van der Waals surface area contributed by atoms with Gasteiger partial charge in [0.25, 0.3) is 5.56 Å². The van der Waals surface area contributed by atoms with Crippen LogP contribution in [0, 0.1) is 0 Å². The van der Waals surface area contributed by atoms with Crippen LogP contribution in [-0.4, -0.2) is 46.8 Å². The van der Waals surface area contributed by atoms with Gasteiger partial charge < -0.3 is 9.88 Å². The molecule has 19 heavy (non-hydrogen) atoms. The first kappa shape index (κ1) is 14.0. The number of nitrogens with zero attached hydrogens (tertiary/aromatic N) is 3. The Balaban J connectivity index is 2.08. The molecular weight excluding hydrogens is 244 g/mol. The summed E-state index contributed by atoms with van der Waals surface area (Å²) in [6.07, 6.45) is 2.48. The molecule has 0 unspecified atom stereocenters. The fourth-order valence-corrected chi connectivity index (χ4v) is 2.35. The van der Waals surface area contributed by atoms with Gasteiger partial charge in [-0.05, 0) is 6.42 Å². The van der Waals surface area contributed by atoms with Gasteiger partial charge in [0.05, 0.1) is 0 Å². The summed E-state index contributed by atoms with van der Waals surface area (Å²) >= 11 is 0. The summed E-state index contributed by atoms with van der Waals surface area (Å²) in [6, 6.07) is 1.48. The molecule has 0 radical (unpaired) electrons. The molecule has 0 aliphatic carbocycles. The van der Waals surface area contributed by atoms with E-state index in [0.29, 0.717) is 13.1 Å². The fraction of sp³-hybridized carbons (Fsp3) is 0.692. The predicted molar refractivity (Wildman–Crippen MR) is 74.6 cm³/mol. The Morgan fingerprint density at radius 1 is 1.16 bits per heavy atom. The Kier molecular flexibility index (Phi) is 4.93. The number of rotatable bonds is 5. The van der Waals surface area contributed by atoms with E-state index < -0.39 is 0 Å². The molecule has 1 N–H and O–H groups in total. The van der Waals surface area contributed by atoms with Crippen LogP contribution in [0.15, 0.2) is 21.9 Å². The lowest BCUT2D eigenvalue weighted by Crippen LogP contribution is -2.47. The number of hydrogen-bond acceptors (Lipinski definition) is 4. The lowest BCUT2D eigenvalue weighted by Gasteiger charge is -2.27. The number of aryl methyl sites for hydroxylation is 1. The number of hydrogen-bond donors (Lipinski definition) is 1. The van der Waals surface area contributed by atoms with Gasteiger partial charge in [0, 0.05) is 58.1 Å². The van der Waals surface area contributed by atoms with Crippen molar-refractivity contribution in [2.24, 2.45) is 0 Å². The van der Waals surface area contributed by atoms with E-state index in [4.69, 9.17) is 0 Å². The Bertz CT molecular complexity index is 514. The van der Waals surface area contributed by atoms with Crippen molar-refractivity contribution in [2.75, 3.05) is 32.7 Å². The van der Waals surface area contributed by atoms with Crippen LogP contribution >= 0.6 is 0 Å². The SMILES string of the molecule is CCCn1ccc(=O)n(CCN2CCNCC2)c1=O. The van der Waals surface area contributed by atoms with Crippen molar-refractivity contribution in [1.29, 1.82) is 0 Å². The Labute approximate surface area is 112 Å². The van der Waals surface area contributed by atoms with E-state index in [0.717, 1.165) is 39.1 Å². The predicted octanol–water partition coefficient (Wildman–Crippen LogP) is -0.675. The van der Waals surface area contributed by atoms with Crippen molar-refractivity contribution in [3.8, 4) is 0 Å². The number of piperazine rings is 1. The molecule has 2 rings (SSSR count). The maximum Gasteiger partial charge on any atom is 0.331 e. The van der Waals surface area contributed by atoms with Gasteiger partial charge in [0.1, 0.15) is 0 Å². The summed E-state index contributed by atoms with van der Waals surface area (Å²) in [7, 11) is 0. The van der Waals surface area contributed by atoms with Crippen LogP contribution in [-0.2, 0) is 13.1 Å². The third kappa shape index (κ3) is 3.54. The summed E-state index contributed by atoms with van der Waals surface area (Å²) in [5.41, 5.74) is -0.392. The zero-order chi connectivity index (χ0) is 13.7. The quantitative estimate of drug-likeness (QED) is 0.767. The van der Waals surface area contributed by atoms with Crippen LogP contribution in [0.2, 0.25) is 0 Å². The summed E-state index contributed by atoms with van der Waals surface area (Å²) < 4.78 is 2.96. The first-order chi connectivity index (χ1) is 9.22. The number of nitrogens with one attached hydrogen (secondary N) is 1. The fourth-order valence-electron chi connectivity index (χ4n) is 2.35. The normalized spacial score (nSPS) is 16.7. The molecule has 1 aromatic heterocycles. The van der Waals surface area contributed by atoms with Gasteiger partial charge in [0.15, 0.2) is 0 Å². The second-order valence-corrected chi connectivity index (χ2v) is 4.87. The summed E-state index contributed by atoms with van der Waals surface area (Å²) in [4.78, 5) is 26.2. The van der Waals surface area contributed by atoms with E-state index in [1.807, 2.05) is 6.92 Å². The van der Waals surface area contributed by atoms with Crippen molar-refractivity contribution >= 4 is 0 Å². The summed E-state index contributed by atoms with van der Waals surface area (Å²) in [6.45, 7) is 7.81. The zero-order valence-electron chi connectivity index (χ0n) is 11.5. The maximum atomic E-state index is 12.1. The van der Waals surface area contributed by atoms with E-state index in [1.54, 1.807) is 10.8 Å². The highest BCUT2D eigenvalue weighted by Gasteiger charge is 2.11. The van der Waals surface area contributed by atoms with Crippen LogP contribution < -0.4 is 16.6 Å². The van der Waals surface area contributed by atoms with Gasteiger partial charge in [-0.25, -0.2) is 4.79 Å². The number of aromatic nitrogens is 2. The zero-order valence-corrected chi connectivity index (χ0v) is 11.5. The van der Waals surface area contributed by atoms with Crippen LogP contribution in [0.25, 0.3) is 0 Å². The highest BCUT2D eigenvalue weighted by atomic mass is 16.2. The first-order valence-corrected chi connectivity index (χ1v) is 6.95. The van der Waals surface area contributed by atoms with E-state index in [-0.39, 0.29) is 11.2 Å². The molecule has 0 atom stereocenters. The topological polar surface area (TPSA) is 59.3 Å². The van der Waals surface area contributed by atoms with Crippen molar-refractivity contribution in [2.45, 2.75) is 26.4 Å². The molecule has 0 amide bonds. The van der Waals surface area contributed by atoms with Crippen LogP contribution in [0.3, 0.4) is 0 Å². The molecule has 1 saturated heterocycles. The van der Waals surface area contributed by atoms with Crippen molar-refractivity contribution < 1.29 is 0 Å². The molecule has 1 fully saturated rings. The Hall–Kier alpha value is -1.40. The molecule has 0 aromatic carbocycles. The average Bonchev–Trinajstić information content (AvgIpc) is 2.43. The van der Waals surface area contributed by atoms with Crippen molar-refractivity contribution in [3.05, 3.63) is 33.1 Å². The highest BCUT2D eigenvalue weighted by molar-refractivity contribution is 4.86. The minimum Gasteiger partial charge on any atom is -0.314 e. The maximum absolute atomic E-state index is 12.1. The van der Waals surface area contributed by atoms with Crippen LogP contribution in [0.5, 0.6) is 0 Å². The minimum absolute atomic E-state index is 0.190. The van der Waals surface area contributed by atoms with Gasteiger partial charge in [-0.1, -0.05) is 6.92 Å². The van der Waals surface area contributed by atoms with Crippen LogP contribution in [0.4, 0.5) is 0 Å². The molecule has 0 spiro atoms. The molecule has 1 aliphatic rings. The van der Waals surface area contributed by atoms with Gasteiger partial charge in [-0.3, -0.25) is 14.3 Å². The molecule has 1 aromatic rings. The second-order valence-electron chi connectivity index (χ2n) is 4.87. The molecule has 106 valence electrons. The molecular formula is C13H22N4O2. The third-order valence-corrected chi connectivity index (χ3v) is 3.45. The van der Waals surface area contributed by atoms with Crippen molar-refractivity contribution in [3.63, 3.8) is 0 Å². The summed E-state index contributed by atoms with van der Waals surface area (Å²) in [5, 5.41) is 3.29. The van der Waals surface area contributed by atoms with E-state index in [1.165, 1.54) is 10.6 Å². The average molecular weight is 266 g/mol. The van der Waals surface area contributed by atoms with E-state index in [2.05, 4.69) is 10.2 Å². The lowest BCUT2D eigenvalue weighted by atomic mass is 10.3. The highest BCUT2D eigenvalue weighted by Crippen LogP contribution is 1.92.